The van der Waals surface area contributed by atoms with Gasteiger partial charge >= 0.3 is 6.36 Å². The van der Waals surface area contributed by atoms with Crippen LogP contribution in [0.25, 0.3) is 0 Å². The van der Waals surface area contributed by atoms with E-state index >= 15 is 0 Å². The van der Waals surface area contributed by atoms with Crippen molar-refractivity contribution < 1.29 is 17.9 Å². The molecule has 4 heteroatoms. The summed E-state index contributed by atoms with van der Waals surface area (Å²) in [4.78, 5) is 0. The molecule has 0 heterocycles. The average Bonchev–Trinajstić information content (AvgIpc) is 2.31. The lowest BCUT2D eigenvalue weighted by molar-refractivity contribution is -0.346. The molecule has 1 rings (SSSR count). The minimum Gasteiger partial charge on any atom is -0.288 e. The van der Waals surface area contributed by atoms with E-state index in [4.69, 9.17) is 0 Å². The van der Waals surface area contributed by atoms with Gasteiger partial charge in [-0.25, -0.2) is 0 Å². The molecule has 0 aromatic carbocycles. The minimum atomic E-state index is -4.46. The Labute approximate surface area is 69.9 Å². The molecule has 72 valence electrons. The number of halogens is 3. The number of rotatable bonds is 2. The Morgan fingerprint density at radius 1 is 1.33 bits per heavy atom. The molecule has 1 nitrogen and oxygen atoms in total. The number of alkyl halides is 3. The van der Waals surface area contributed by atoms with Gasteiger partial charge in [0, 0.05) is 0 Å². The molecular weight excluding hydrogens is 169 g/mol. The summed E-state index contributed by atoms with van der Waals surface area (Å²) in [6.07, 6.45) is -1.98. The first-order valence-electron chi connectivity index (χ1n) is 4.27. The number of hydrogen-bond acceptors (Lipinski definition) is 1. The van der Waals surface area contributed by atoms with Crippen molar-refractivity contribution in [3.8, 4) is 0 Å². The SMILES string of the molecule is CCC1CCCC1OC(F)(F)F. The predicted molar refractivity (Wildman–Crippen MR) is 38.6 cm³/mol. The van der Waals surface area contributed by atoms with Gasteiger partial charge in [-0.05, 0) is 18.8 Å². The second-order valence-corrected chi connectivity index (χ2v) is 3.20. The van der Waals surface area contributed by atoms with Crippen molar-refractivity contribution in [1.82, 2.24) is 0 Å². The lowest BCUT2D eigenvalue weighted by atomic mass is 10.0. The molecule has 1 fully saturated rings. The molecule has 0 N–H and O–H groups in total. The zero-order chi connectivity index (χ0) is 9.19. The molecule has 1 saturated carbocycles. The molecule has 0 bridgehead atoms. The van der Waals surface area contributed by atoms with E-state index in [0.717, 1.165) is 19.3 Å². The summed E-state index contributed by atoms with van der Waals surface area (Å²) in [7, 11) is 0. The van der Waals surface area contributed by atoms with Crippen molar-refractivity contribution in [3.63, 3.8) is 0 Å². The van der Waals surface area contributed by atoms with Gasteiger partial charge in [-0.1, -0.05) is 19.8 Å². The third-order valence-corrected chi connectivity index (χ3v) is 2.40. The highest BCUT2D eigenvalue weighted by atomic mass is 19.4. The number of hydrogen-bond donors (Lipinski definition) is 0. The molecule has 0 aromatic rings. The third kappa shape index (κ3) is 2.66. The van der Waals surface area contributed by atoms with Crippen LogP contribution in [0.4, 0.5) is 13.2 Å². The van der Waals surface area contributed by atoms with Gasteiger partial charge in [0.2, 0.25) is 0 Å². The fourth-order valence-corrected chi connectivity index (χ4v) is 1.80. The smallest absolute Gasteiger partial charge is 0.288 e. The summed E-state index contributed by atoms with van der Waals surface area (Å²) in [5, 5.41) is 0. The van der Waals surface area contributed by atoms with E-state index in [9.17, 15) is 13.2 Å². The summed E-state index contributed by atoms with van der Waals surface area (Å²) in [5.74, 6) is 0.103. The summed E-state index contributed by atoms with van der Waals surface area (Å²) >= 11 is 0. The molecule has 0 radical (unpaired) electrons. The molecule has 1 aliphatic carbocycles. The zero-order valence-corrected chi connectivity index (χ0v) is 7.03. The molecule has 2 unspecified atom stereocenters. The van der Waals surface area contributed by atoms with E-state index in [-0.39, 0.29) is 5.92 Å². The quantitative estimate of drug-likeness (QED) is 0.637. The Bertz CT molecular complexity index is 144. The van der Waals surface area contributed by atoms with Crippen molar-refractivity contribution in [2.75, 3.05) is 0 Å². The van der Waals surface area contributed by atoms with Gasteiger partial charge < -0.3 is 0 Å². The normalized spacial score (nSPS) is 31.0. The van der Waals surface area contributed by atoms with Crippen LogP contribution < -0.4 is 0 Å². The summed E-state index contributed by atoms with van der Waals surface area (Å²) < 4.78 is 39.4. The van der Waals surface area contributed by atoms with Crippen LogP contribution in [0.5, 0.6) is 0 Å². The Morgan fingerprint density at radius 3 is 2.50 bits per heavy atom. The molecule has 12 heavy (non-hydrogen) atoms. The fourth-order valence-electron chi connectivity index (χ4n) is 1.80. The highest BCUT2D eigenvalue weighted by Gasteiger charge is 2.38. The average molecular weight is 182 g/mol. The lowest BCUT2D eigenvalue weighted by Crippen LogP contribution is -2.26. The molecule has 0 saturated heterocycles. The molecule has 0 amide bonds. The van der Waals surface area contributed by atoms with Crippen molar-refractivity contribution in [1.29, 1.82) is 0 Å². The van der Waals surface area contributed by atoms with Crippen LogP contribution >= 0.6 is 0 Å². The van der Waals surface area contributed by atoms with Crippen molar-refractivity contribution in [2.45, 2.75) is 45.1 Å². The maximum absolute atomic E-state index is 11.8. The van der Waals surface area contributed by atoms with Gasteiger partial charge in [0.05, 0.1) is 6.10 Å². The third-order valence-electron chi connectivity index (χ3n) is 2.40. The summed E-state index contributed by atoms with van der Waals surface area (Å²) in [5.41, 5.74) is 0. The van der Waals surface area contributed by atoms with Crippen LogP contribution in [0.15, 0.2) is 0 Å². The van der Waals surface area contributed by atoms with E-state index in [1.807, 2.05) is 6.92 Å². The maximum Gasteiger partial charge on any atom is 0.522 e. The zero-order valence-electron chi connectivity index (χ0n) is 7.03. The van der Waals surface area contributed by atoms with Crippen molar-refractivity contribution in [2.24, 2.45) is 5.92 Å². The molecule has 2 atom stereocenters. The molecular formula is C8H13F3O. The second-order valence-electron chi connectivity index (χ2n) is 3.20. The van der Waals surface area contributed by atoms with Crippen molar-refractivity contribution in [3.05, 3.63) is 0 Å². The second kappa shape index (κ2) is 3.64. The highest BCUT2D eigenvalue weighted by Crippen LogP contribution is 2.34. The Hall–Kier alpha value is -0.250. The first-order valence-corrected chi connectivity index (χ1v) is 4.27. The van der Waals surface area contributed by atoms with E-state index in [2.05, 4.69) is 4.74 Å². The van der Waals surface area contributed by atoms with Gasteiger partial charge in [-0.2, -0.15) is 0 Å². The van der Waals surface area contributed by atoms with Crippen LogP contribution in [0.3, 0.4) is 0 Å². The minimum absolute atomic E-state index is 0.103. The van der Waals surface area contributed by atoms with Gasteiger partial charge in [0.15, 0.2) is 0 Å². The molecule has 0 aromatic heterocycles. The van der Waals surface area contributed by atoms with Crippen molar-refractivity contribution >= 4 is 0 Å². The van der Waals surface area contributed by atoms with E-state index < -0.39 is 12.5 Å². The standard InChI is InChI=1S/C8H13F3O/c1-2-6-4-3-5-7(6)12-8(9,10)11/h6-7H,2-5H2,1H3. The first kappa shape index (κ1) is 9.84. The van der Waals surface area contributed by atoms with Crippen LogP contribution in [0.1, 0.15) is 32.6 Å². The Balaban J connectivity index is 2.41. The maximum atomic E-state index is 11.8. The molecule has 1 aliphatic rings. The Kier molecular flexibility index (Phi) is 2.99. The number of ether oxygens (including phenoxy) is 1. The van der Waals surface area contributed by atoms with Crippen LogP contribution in [0.2, 0.25) is 0 Å². The summed E-state index contributed by atoms with van der Waals surface area (Å²) in [6.45, 7) is 1.91. The lowest BCUT2D eigenvalue weighted by Gasteiger charge is -2.19. The monoisotopic (exact) mass is 182 g/mol. The Morgan fingerprint density at radius 2 is 2.00 bits per heavy atom. The largest absolute Gasteiger partial charge is 0.522 e. The highest BCUT2D eigenvalue weighted by molar-refractivity contribution is 4.77. The molecule has 0 spiro atoms. The van der Waals surface area contributed by atoms with Gasteiger partial charge in [0.25, 0.3) is 0 Å². The van der Waals surface area contributed by atoms with E-state index in [1.54, 1.807) is 0 Å². The van der Waals surface area contributed by atoms with Crippen LogP contribution in [-0.2, 0) is 4.74 Å². The fraction of sp³-hybridized carbons (Fsp3) is 1.00. The van der Waals surface area contributed by atoms with E-state index in [0.29, 0.717) is 6.42 Å². The van der Waals surface area contributed by atoms with E-state index in [1.165, 1.54) is 0 Å². The van der Waals surface area contributed by atoms with Gasteiger partial charge in [-0.3, -0.25) is 4.74 Å². The first-order chi connectivity index (χ1) is 5.53. The van der Waals surface area contributed by atoms with Gasteiger partial charge in [-0.15, -0.1) is 13.2 Å². The topological polar surface area (TPSA) is 9.23 Å². The van der Waals surface area contributed by atoms with Gasteiger partial charge in [0.1, 0.15) is 0 Å². The van der Waals surface area contributed by atoms with Crippen LogP contribution in [0, 0.1) is 5.92 Å². The van der Waals surface area contributed by atoms with Crippen LogP contribution in [-0.4, -0.2) is 12.5 Å². The summed E-state index contributed by atoms with van der Waals surface area (Å²) in [6, 6.07) is 0. The predicted octanol–water partition coefficient (Wildman–Crippen LogP) is 3.10. The molecule has 0 aliphatic heterocycles.